The lowest BCUT2D eigenvalue weighted by molar-refractivity contribution is -0.140. The number of hydrazine groups is 1. The fourth-order valence-corrected chi connectivity index (χ4v) is 1.75. The quantitative estimate of drug-likeness (QED) is 0.513. The van der Waals surface area contributed by atoms with Crippen LogP contribution >= 0.6 is 0 Å². The van der Waals surface area contributed by atoms with Crippen molar-refractivity contribution in [1.29, 1.82) is 0 Å². The molecule has 4 heteroatoms. The second-order valence-corrected chi connectivity index (χ2v) is 4.15. The van der Waals surface area contributed by atoms with E-state index in [0.717, 1.165) is 32.2 Å². The zero-order valence-corrected chi connectivity index (χ0v) is 9.06. The third-order valence-electron chi connectivity index (χ3n) is 2.78. The summed E-state index contributed by atoms with van der Waals surface area (Å²) in [4.78, 5) is 10.8. The summed E-state index contributed by atoms with van der Waals surface area (Å²) >= 11 is 0. The van der Waals surface area contributed by atoms with Crippen molar-refractivity contribution in [2.75, 3.05) is 13.7 Å². The van der Waals surface area contributed by atoms with Gasteiger partial charge in [-0.2, -0.15) is 0 Å². The van der Waals surface area contributed by atoms with Gasteiger partial charge in [0.15, 0.2) is 0 Å². The Morgan fingerprint density at radius 1 is 1.50 bits per heavy atom. The molecule has 1 atom stereocenters. The molecule has 14 heavy (non-hydrogen) atoms. The van der Waals surface area contributed by atoms with E-state index in [2.05, 4.69) is 22.5 Å². The van der Waals surface area contributed by atoms with Crippen LogP contribution in [0.2, 0.25) is 0 Å². The van der Waals surface area contributed by atoms with Crippen LogP contribution in [0.25, 0.3) is 0 Å². The first kappa shape index (κ1) is 11.5. The van der Waals surface area contributed by atoms with Crippen LogP contribution in [0.3, 0.4) is 0 Å². The average Bonchev–Trinajstić information content (AvgIpc) is 2.60. The molecule has 1 saturated heterocycles. The number of carbonyl (C=O) groups is 1. The highest BCUT2D eigenvalue weighted by atomic mass is 16.5. The van der Waals surface area contributed by atoms with E-state index in [0.29, 0.717) is 6.42 Å². The standard InChI is InChI=1S/C10H20N2O2/c1-10(7-8-11-12-10)6-4-3-5-9(13)14-2/h11-12H,3-8H2,1-2H3/t10-/m1/s1. The molecule has 1 aliphatic rings. The maximum atomic E-state index is 10.8. The van der Waals surface area contributed by atoms with Gasteiger partial charge >= 0.3 is 5.97 Å². The van der Waals surface area contributed by atoms with Crippen molar-refractivity contribution < 1.29 is 9.53 Å². The van der Waals surface area contributed by atoms with E-state index in [4.69, 9.17) is 0 Å². The SMILES string of the molecule is COC(=O)CCCC[C@]1(C)CCNN1. The van der Waals surface area contributed by atoms with E-state index in [1.165, 1.54) is 7.11 Å². The molecule has 0 unspecified atom stereocenters. The molecule has 0 bridgehead atoms. The molecule has 82 valence electrons. The van der Waals surface area contributed by atoms with E-state index in [-0.39, 0.29) is 11.5 Å². The summed E-state index contributed by atoms with van der Waals surface area (Å²) in [5, 5.41) is 0. The number of carbonyl (C=O) groups excluding carboxylic acids is 1. The maximum Gasteiger partial charge on any atom is 0.305 e. The van der Waals surface area contributed by atoms with Crippen molar-refractivity contribution in [1.82, 2.24) is 10.9 Å². The maximum absolute atomic E-state index is 10.8. The molecule has 0 aromatic heterocycles. The van der Waals surface area contributed by atoms with Gasteiger partial charge in [0.25, 0.3) is 0 Å². The van der Waals surface area contributed by atoms with Crippen molar-refractivity contribution >= 4 is 5.97 Å². The molecule has 0 aliphatic carbocycles. The molecule has 0 saturated carbocycles. The van der Waals surface area contributed by atoms with Crippen molar-refractivity contribution in [3.8, 4) is 0 Å². The van der Waals surface area contributed by atoms with E-state index in [1.54, 1.807) is 0 Å². The van der Waals surface area contributed by atoms with Crippen LogP contribution in [-0.4, -0.2) is 25.2 Å². The van der Waals surface area contributed by atoms with Crippen molar-refractivity contribution in [2.45, 2.75) is 44.6 Å². The Bertz CT molecular complexity index is 189. The number of hydrogen-bond acceptors (Lipinski definition) is 4. The van der Waals surface area contributed by atoms with Crippen LogP contribution in [0.1, 0.15) is 39.0 Å². The fraction of sp³-hybridized carbons (Fsp3) is 0.900. The minimum Gasteiger partial charge on any atom is -0.469 e. The van der Waals surface area contributed by atoms with E-state index < -0.39 is 0 Å². The number of rotatable bonds is 5. The molecule has 0 aromatic carbocycles. The Hall–Kier alpha value is -0.610. The molecule has 0 amide bonds. The molecule has 2 N–H and O–H groups in total. The van der Waals surface area contributed by atoms with Crippen LogP contribution < -0.4 is 10.9 Å². The lowest BCUT2D eigenvalue weighted by Gasteiger charge is -2.22. The van der Waals surface area contributed by atoms with E-state index >= 15 is 0 Å². The van der Waals surface area contributed by atoms with Gasteiger partial charge in [-0.25, -0.2) is 0 Å². The fourth-order valence-electron chi connectivity index (χ4n) is 1.75. The molecular formula is C10H20N2O2. The van der Waals surface area contributed by atoms with Gasteiger partial charge in [-0.05, 0) is 26.2 Å². The van der Waals surface area contributed by atoms with Crippen LogP contribution in [0.5, 0.6) is 0 Å². The number of esters is 1. The Labute approximate surface area is 85.4 Å². The molecule has 1 heterocycles. The molecule has 1 rings (SSSR count). The molecule has 0 radical (unpaired) electrons. The van der Waals surface area contributed by atoms with Crippen LogP contribution in [0.4, 0.5) is 0 Å². The molecule has 1 aliphatic heterocycles. The normalized spacial score (nSPS) is 26.4. The summed E-state index contributed by atoms with van der Waals surface area (Å²) in [5.41, 5.74) is 6.62. The first-order chi connectivity index (χ1) is 6.66. The van der Waals surface area contributed by atoms with E-state index in [1.807, 2.05) is 0 Å². The highest BCUT2D eigenvalue weighted by Gasteiger charge is 2.26. The first-order valence-electron chi connectivity index (χ1n) is 5.23. The zero-order chi connectivity index (χ0) is 10.4. The summed E-state index contributed by atoms with van der Waals surface area (Å²) < 4.78 is 4.58. The highest BCUT2D eigenvalue weighted by molar-refractivity contribution is 5.68. The number of ether oxygens (including phenoxy) is 1. The Morgan fingerprint density at radius 2 is 2.29 bits per heavy atom. The highest BCUT2D eigenvalue weighted by Crippen LogP contribution is 2.20. The summed E-state index contributed by atoms with van der Waals surface area (Å²) in [7, 11) is 1.44. The summed E-state index contributed by atoms with van der Waals surface area (Å²) in [5.74, 6) is -0.104. The average molecular weight is 200 g/mol. The first-order valence-corrected chi connectivity index (χ1v) is 5.23. The third-order valence-corrected chi connectivity index (χ3v) is 2.78. The van der Waals surface area contributed by atoms with Crippen LogP contribution in [0.15, 0.2) is 0 Å². The number of unbranched alkanes of at least 4 members (excludes halogenated alkanes) is 1. The van der Waals surface area contributed by atoms with Crippen molar-refractivity contribution in [3.05, 3.63) is 0 Å². The summed E-state index contributed by atoms with van der Waals surface area (Å²) in [6.45, 7) is 3.25. The van der Waals surface area contributed by atoms with Crippen LogP contribution in [0, 0.1) is 0 Å². The predicted octanol–water partition coefficient (Wildman–Crippen LogP) is 0.976. The second kappa shape index (κ2) is 5.32. The van der Waals surface area contributed by atoms with Crippen molar-refractivity contribution in [3.63, 3.8) is 0 Å². The minimum absolute atomic E-state index is 0.104. The number of hydrogen-bond donors (Lipinski definition) is 2. The van der Waals surface area contributed by atoms with Gasteiger partial charge in [0.05, 0.1) is 7.11 Å². The van der Waals surface area contributed by atoms with Gasteiger partial charge in [0.2, 0.25) is 0 Å². The van der Waals surface area contributed by atoms with Gasteiger partial charge in [-0.15, -0.1) is 0 Å². The smallest absolute Gasteiger partial charge is 0.305 e. The Morgan fingerprint density at radius 3 is 2.86 bits per heavy atom. The number of nitrogens with one attached hydrogen (secondary N) is 2. The lowest BCUT2D eigenvalue weighted by atomic mass is 9.93. The Balaban J connectivity index is 2.06. The largest absolute Gasteiger partial charge is 0.469 e. The molecular weight excluding hydrogens is 180 g/mol. The van der Waals surface area contributed by atoms with Gasteiger partial charge in [0.1, 0.15) is 0 Å². The monoisotopic (exact) mass is 200 g/mol. The van der Waals surface area contributed by atoms with Crippen molar-refractivity contribution in [2.24, 2.45) is 0 Å². The van der Waals surface area contributed by atoms with Gasteiger partial charge < -0.3 is 4.74 Å². The zero-order valence-electron chi connectivity index (χ0n) is 9.06. The minimum atomic E-state index is -0.104. The summed E-state index contributed by atoms with van der Waals surface area (Å²) in [6, 6.07) is 0. The topological polar surface area (TPSA) is 50.4 Å². The Kier molecular flexibility index (Phi) is 4.35. The second-order valence-electron chi connectivity index (χ2n) is 4.15. The van der Waals surface area contributed by atoms with E-state index in [9.17, 15) is 4.79 Å². The molecule has 1 fully saturated rings. The van der Waals surface area contributed by atoms with Gasteiger partial charge in [-0.3, -0.25) is 15.6 Å². The summed E-state index contributed by atoms with van der Waals surface area (Å²) in [6.07, 6.45) is 4.80. The lowest BCUT2D eigenvalue weighted by Crippen LogP contribution is -2.40. The van der Waals surface area contributed by atoms with Gasteiger partial charge in [0, 0.05) is 18.5 Å². The molecule has 0 spiro atoms. The molecule has 4 nitrogen and oxygen atoms in total. The van der Waals surface area contributed by atoms with Gasteiger partial charge in [-0.1, -0.05) is 6.42 Å². The van der Waals surface area contributed by atoms with Crippen LogP contribution in [-0.2, 0) is 9.53 Å². The molecule has 0 aromatic rings. The third kappa shape index (κ3) is 3.64. The predicted molar refractivity (Wildman–Crippen MR) is 54.6 cm³/mol. The number of methoxy groups -OCH3 is 1.